The summed E-state index contributed by atoms with van der Waals surface area (Å²) in [4.78, 5) is 27.9. The smallest absolute Gasteiger partial charge is 0.253 e. The Labute approximate surface area is 135 Å². The molecule has 122 valence electrons. The fourth-order valence-corrected chi connectivity index (χ4v) is 2.23. The van der Waals surface area contributed by atoms with Gasteiger partial charge in [-0.05, 0) is 24.5 Å². The Morgan fingerprint density at radius 2 is 2.13 bits per heavy atom. The molecule has 6 nitrogen and oxygen atoms in total. The highest BCUT2D eigenvalue weighted by molar-refractivity contribution is 5.75. The lowest BCUT2D eigenvalue weighted by atomic mass is 10.1. The van der Waals surface area contributed by atoms with E-state index in [0.29, 0.717) is 19.4 Å². The molecule has 1 amide bonds. The van der Waals surface area contributed by atoms with Crippen molar-refractivity contribution < 1.29 is 9.53 Å². The van der Waals surface area contributed by atoms with E-state index in [1.54, 1.807) is 7.11 Å². The van der Waals surface area contributed by atoms with Crippen LogP contribution in [-0.2, 0) is 24.2 Å². The Kier molecular flexibility index (Phi) is 5.91. The van der Waals surface area contributed by atoms with Gasteiger partial charge in [-0.25, -0.2) is 4.98 Å². The number of ether oxygens (including phenoxy) is 1. The molecule has 0 saturated heterocycles. The average Bonchev–Trinajstić information content (AvgIpc) is 2.57. The first-order chi connectivity index (χ1) is 11.1. The topological polar surface area (TPSA) is 73.2 Å². The predicted octanol–water partition coefficient (Wildman–Crippen LogP) is 1.17. The second kappa shape index (κ2) is 8.12. The van der Waals surface area contributed by atoms with E-state index >= 15 is 0 Å². The summed E-state index contributed by atoms with van der Waals surface area (Å²) in [7, 11) is 1.62. The van der Waals surface area contributed by atoms with Crippen LogP contribution in [0.4, 0.5) is 0 Å². The van der Waals surface area contributed by atoms with Gasteiger partial charge >= 0.3 is 0 Å². The first-order valence-corrected chi connectivity index (χ1v) is 7.58. The van der Waals surface area contributed by atoms with Gasteiger partial charge in [0.15, 0.2) is 0 Å². The minimum atomic E-state index is -0.215. The molecule has 23 heavy (non-hydrogen) atoms. The summed E-state index contributed by atoms with van der Waals surface area (Å²) in [5.41, 5.74) is 1.54. The number of para-hydroxylation sites is 1. The van der Waals surface area contributed by atoms with E-state index in [9.17, 15) is 9.59 Å². The molecule has 0 aliphatic carbocycles. The van der Waals surface area contributed by atoms with Crippen LogP contribution in [0.25, 0.3) is 0 Å². The minimum absolute atomic E-state index is 0.0260. The van der Waals surface area contributed by atoms with Gasteiger partial charge in [-0.2, -0.15) is 0 Å². The Bertz CT molecular complexity index is 725. The largest absolute Gasteiger partial charge is 0.496 e. The van der Waals surface area contributed by atoms with Gasteiger partial charge in [0, 0.05) is 18.3 Å². The number of nitrogens with one attached hydrogen (secondary N) is 1. The third-order valence-electron chi connectivity index (χ3n) is 3.52. The summed E-state index contributed by atoms with van der Waals surface area (Å²) >= 11 is 0. The number of aromatic nitrogens is 2. The third kappa shape index (κ3) is 4.67. The quantitative estimate of drug-likeness (QED) is 0.832. The number of nitrogens with zero attached hydrogens (tertiary/aromatic N) is 2. The number of hydrogen-bond donors (Lipinski definition) is 1. The molecule has 0 aliphatic heterocycles. The van der Waals surface area contributed by atoms with Gasteiger partial charge in [0.05, 0.1) is 13.4 Å². The molecule has 0 fully saturated rings. The van der Waals surface area contributed by atoms with Gasteiger partial charge < -0.3 is 10.1 Å². The molecule has 0 unspecified atom stereocenters. The van der Waals surface area contributed by atoms with Crippen molar-refractivity contribution in [3.05, 3.63) is 58.3 Å². The zero-order valence-corrected chi connectivity index (χ0v) is 13.4. The molecule has 1 heterocycles. The number of aryl methyl sites for hydroxylation is 1. The number of amides is 1. The van der Waals surface area contributed by atoms with Gasteiger partial charge in [0.1, 0.15) is 12.3 Å². The number of methoxy groups -OCH3 is 1. The fraction of sp³-hybridized carbons (Fsp3) is 0.353. The lowest BCUT2D eigenvalue weighted by molar-refractivity contribution is -0.121. The first-order valence-electron chi connectivity index (χ1n) is 7.58. The van der Waals surface area contributed by atoms with Crippen molar-refractivity contribution in [2.75, 3.05) is 13.7 Å². The van der Waals surface area contributed by atoms with E-state index < -0.39 is 0 Å². The van der Waals surface area contributed by atoms with Crippen molar-refractivity contribution >= 4 is 5.91 Å². The maximum Gasteiger partial charge on any atom is 0.253 e. The first kappa shape index (κ1) is 16.7. The van der Waals surface area contributed by atoms with Crippen molar-refractivity contribution in [2.45, 2.75) is 26.3 Å². The minimum Gasteiger partial charge on any atom is -0.496 e. The van der Waals surface area contributed by atoms with Crippen LogP contribution in [0, 0.1) is 0 Å². The molecule has 0 spiro atoms. The molecule has 6 heteroatoms. The summed E-state index contributed by atoms with van der Waals surface area (Å²) < 4.78 is 6.57. The molecular weight excluding hydrogens is 294 g/mol. The Morgan fingerprint density at radius 3 is 2.83 bits per heavy atom. The Balaban J connectivity index is 1.87. The number of benzene rings is 1. The van der Waals surface area contributed by atoms with E-state index in [-0.39, 0.29) is 18.0 Å². The standard InChI is InChI=1S/C17H21N3O3/c1-3-14-10-17(22)20(12-19-14)11-16(21)18-9-8-13-6-4-5-7-15(13)23-2/h4-7,10,12H,3,8-9,11H2,1-2H3,(H,18,21). The van der Waals surface area contributed by atoms with Crippen LogP contribution in [0.2, 0.25) is 0 Å². The molecule has 0 atom stereocenters. The molecule has 0 bridgehead atoms. The van der Waals surface area contributed by atoms with Gasteiger partial charge in [-0.1, -0.05) is 25.1 Å². The van der Waals surface area contributed by atoms with E-state index in [0.717, 1.165) is 17.0 Å². The summed E-state index contributed by atoms with van der Waals surface area (Å²) in [6, 6.07) is 9.14. The molecular formula is C17H21N3O3. The van der Waals surface area contributed by atoms with Crippen molar-refractivity contribution in [3.8, 4) is 5.75 Å². The third-order valence-corrected chi connectivity index (χ3v) is 3.52. The predicted molar refractivity (Wildman–Crippen MR) is 87.6 cm³/mol. The van der Waals surface area contributed by atoms with Crippen LogP contribution < -0.4 is 15.6 Å². The molecule has 0 radical (unpaired) electrons. The van der Waals surface area contributed by atoms with Gasteiger partial charge in [-0.15, -0.1) is 0 Å². The van der Waals surface area contributed by atoms with Crippen molar-refractivity contribution in [3.63, 3.8) is 0 Å². The van der Waals surface area contributed by atoms with Crippen molar-refractivity contribution in [1.29, 1.82) is 0 Å². The van der Waals surface area contributed by atoms with Crippen LogP contribution in [0.3, 0.4) is 0 Å². The number of hydrogen-bond acceptors (Lipinski definition) is 4. The van der Waals surface area contributed by atoms with E-state index in [2.05, 4.69) is 10.3 Å². The van der Waals surface area contributed by atoms with Crippen LogP contribution >= 0.6 is 0 Å². The van der Waals surface area contributed by atoms with Gasteiger partial charge in [0.2, 0.25) is 5.91 Å². The fourth-order valence-electron chi connectivity index (χ4n) is 2.23. The zero-order valence-electron chi connectivity index (χ0n) is 13.4. The van der Waals surface area contributed by atoms with Crippen molar-refractivity contribution in [2.24, 2.45) is 0 Å². The Morgan fingerprint density at radius 1 is 1.35 bits per heavy atom. The van der Waals surface area contributed by atoms with E-state index in [1.807, 2.05) is 31.2 Å². The summed E-state index contributed by atoms with van der Waals surface area (Å²) in [5, 5.41) is 2.80. The normalized spacial score (nSPS) is 10.3. The molecule has 1 aromatic carbocycles. The average molecular weight is 315 g/mol. The highest BCUT2D eigenvalue weighted by atomic mass is 16.5. The van der Waals surface area contributed by atoms with Crippen LogP contribution in [0.1, 0.15) is 18.2 Å². The van der Waals surface area contributed by atoms with Crippen molar-refractivity contribution in [1.82, 2.24) is 14.9 Å². The van der Waals surface area contributed by atoms with Crippen LogP contribution in [0.15, 0.2) is 41.5 Å². The molecule has 1 aromatic heterocycles. The molecule has 2 aromatic rings. The lowest BCUT2D eigenvalue weighted by Crippen LogP contribution is -2.33. The van der Waals surface area contributed by atoms with E-state index in [4.69, 9.17) is 4.74 Å². The maximum atomic E-state index is 11.9. The number of rotatable bonds is 7. The van der Waals surface area contributed by atoms with Gasteiger partial charge in [0.25, 0.3) is 5.56 Å². The molecule has 1 N–H and O–H groups in total. The van der Waals surface area contributed by atoms with Crippen LogP contribution in [0.5, 0.6) is 5.75 Å². The Hall–Kier alpha value is -2.63. The van der Waals surface area contributed by atoms with E-state index in [1.165, 1.54) is 17.0 Å². The number of carbonyl (C=O) groups excluding carboxylic acids is 1. The molecule has 2 rings (SSSR count). The second-order valence-corrected chi connectivity index (χ2v) is 5.11. The highest BCUT2D eigenvalue weighted by Gasteiger charge is 2.06. The lowest BCUT2D eigenvalue weighted by Gasteiger charge is -2.10. The summed E-state index contributed by atoms with van der Waals surface area (Å²) in [5.74, 6) is 0.588. The van der Waals surface area contributed by atoms with Gasteiger partial charge in [-0.3, -0.25) is 14.2 Å². The SMILES string of the molecule is CCc1cc(=O)n(CC(=O)NCCc2ccccc2OC)cn1. The summed E-state index contributed by atoms with van der Waals surface area (Å²) in [6.45, 7) is 2.38. The highest BCUT2D eigenvalue weighted by Crippen LogP contribution is 2.17. The zero-order chi connectivity index (χ0) is 16.7. The number of carbonyl (C=O) groups is 1. The maximum absolute atomic E-state index is 11.9. The summed E-state index contributed by atoms with van der Waals surface area (Å²) in [6.07, 6.45) is 2.78. The monoisotopic (exact) mass is 315 g/mol. The van der Waals surface area contributed by atoms with Crippen LogP contribution in [-0.4, -0.2) is 29.1 Å². The molecule has 0 aliphatic rings. The second-order valence-electron chi connectivity index (χ2n) is 5.11. The molecule has 0 saturated carbocycles.